The van der Waals surface area contributed by atoms with Crippen LogP contribution < -0.4 is 0 Å². The molecule has 0 amide bonds. The van der Waals surface area contributed by atoms with Gasteiger partial charge in [0.15, 0.2) is 0 Å². The van der Waals surface area contributed by atoms with Crippen molar-refractivity contribution in [3.63, 3.8) is 0 Å². The van der Waals surface area contributed by atoms with Crippen molar-refractivity contribution in [3.8, 4) is 0 Å². The summed E-state index contributed by atoms with van der Waals surface area (Å²) in [6.07, 6.45) is 0. The second-order valence-corrected chi connectivity index (χ2v) is 5.13. The number of rotatable bonds is 5. The maximum Gasteiger partial charge on any atom is 0.230 e. The van der Waals surface area contributed by atoms with Crippen molar-refractivity contribution >= 4 is 33.7 Å². The van der Waals surface area contributed by atoms with E-state index in [1.165, 1.54) is 0 Å². The molecule has 20 heavy (non-hydrogen) atoms. The molecule has 0 heterocycles. The van der Waals surface area contributed by atoms with E-state index < -0.39 is 22.3 Å². The largest absolute Gasteiger partial charge is 0.281 e. The van der Waals surface area contributed by atoms with E-state index in [0.717, 1.165) is 0 Å². The molecule has 2 unspecified atom stereocenters. The molecule has 0 aliphatic carbocycles. The van der Waals surface area contributed by atoms with Gasteiger partial charge in [-0.05, 0) is 34.3 Å². The number of hydrogen-bond acceptors (Lipinski definition) is 2. The first-order chi connectivity index (χ1) is 9.61. The first kappa shape index (κ1) is 14.8. The van der Waals surface area contributed by atoms with Crippen molar-refractivity contribution in [2.45, 2.75) is 11.8 Å². The first-order valence-corrected chi connectivity index (χ1v) is 6.85. The van der Waals surface area contributed by atoms with Gasteiger partial charge < -0.3 is 0 Å². The molecule has 0 saturated carbocycles. The average Bonchev–Trinajstić information content (AvgIpc) is 2.45. The van der Waals surface area contributed by atoms with E-state index in [1.807, 2.05) is 12.1 Å². The van der Waals surface area contributed by atoms with Crippen LogP contribution in [0.4, 0.5) is 0 Å². The predicted molar refractivity (Wildman–Crippen MR) is 80.1 cm³/mol. The monoisotopic (exact) mass is 306 g/mol. The molecule has 0 bridgehead atoms. The van der Waals surface area contributed by atoms with Gasteiger partial charge in [-0.3, -0.25) is 9.59 Å². The Labute approximate surface area is 127 Å². The van der Waals surface area contributed by atoms with Gasteiger partial charge >= 0.3 is 0 Å². The number of halogens is 2. The van der Waals surface area contributed by atoms with Gasteiger partial charge in [-0.2, -0.15) is 0 Å². The van der Waals surface area contributed by atoms with Crippen molar-refractivity contribution in [1.29, 1.82) is 0 Å². The Morgan fingerprint density at radius 3 is 1.20 bits per heavy atom. The Morgan fingerprint density at radius 2 is 0.950 bits per heavy atom. The van der Waals surface area contributed by atoms with E-state index in [-0.39, 0.29) is 0 Å². The van der Waals surface area contributed by atoms with Crippen LogP contribution in [0.15, 0.2) is 60.7 Å². The molecule has 4 heteroatoms. The predicted octanol–water partition coefficient (Wildman–Crippen LogP) is 4.08. The molecule has 0 N–H and O–H groups in total. The first-order valence-electron chi connectivity index (χ1n) is 6.10. The van der Waals surface area contributed by atoms with Gasteiger partial charge in [-0.25, -0.2) is 0 Å². The van der Waals surface area contributed by atoms with Crippen LogP contribution in [0.1, 0.15) is 23.0 Å². The van der Waals surface area contributed by atoms with Crippen LogP contribution in [-0.4, -0.2) is 10.5 Å². The van der Waals surface area contributed by atoms with Crippen LogP contribution >= 0.6 is 23.2 Å². The summed E-state index contributed by atoms with van der Waals surface area (Å²) in [4.78, 5) is 23.6. The molecule has 0 spiro atoms. The minimum absolute atomic E-state index is 0.598. The molecule has 102 valence electrons. The van der Waals surface area contributed by atoms with Gasteiger partial charge in [-0.1, -0.05) is 60.7 Å². The molecular weight excluding hydrogens is 295 g/mol. The molecular formula is C16H12Cl2O2. The summed E-state index contributed by atoms with van der Waals surface area (Å²) in [5, 5.41) is -1.20. The van der Waals surface area contributed by atoms with Crippen LogP contribution in [-0.2, 0) is 9.59 Å². The zero-order chi connectivity index (χ0) is 14.5. The average molecular weight is 307 g/mol. The highest BCUT2D eigenvalue weighted by Gasteiger charge is 2.34. The molecule has 0 aromatic heterocycles. The quantitative estimate of drug-likeness (QED) is 0.780. The molecule has 2 atom stereocenters. The van der Waals surface area contributed by atoms with Gasteiger partial charge in [0, 0.05) is 0 Å². The number of hydrogen-bond donors (Lipinski definition) is 0. The lowest BCUT2D eigenvalue weighted by Gasteiger charge is -2.21. The summed E-state index contributed by atoms with van der Waals surface area (Å²) in [7, 11) is 0. The summed E-state index contributed by atoms with van der Waals surface area (Å²) in [6, 6.07) is 17.9. The van der Waals surface area contributed by atoms with Crippen LogP contribution in [0.25, 0.3) is 0 Å². The molecule has 2 aromatic rings. The van der Waals surface area contributed by atoms with E-state index >= 15 is 0 Å². The number of carbonyl (C=O) groups excluding carboxylic acids is 2. The van der Waals surface area contributed by atoms with Crippen LogP contribution in [0, 0.1) is 0 Å². The topological polar surface area (TPSA) is 34.1 Å². The highest BCUT2D eigenvalue weighted by atomic mass is 35.5. The van der Waals surface area contributed by atoms with Gasteiger partial charge in [0.05, 0.1) is 11.8 Å². The van der Waals surface area contributed by atoms with Crippen molar-refractivity contribution in [1.82, 2.24) is 0 Å². The zero-order valence-electron chi connectivity index (χ0n) is 10.5. The Hall–Kier alpha value is -1.64. The fourth-order valence-corrected chi connectivity index (χ4v) is 2.73. The van der Waals surface area contributed by atoms with Crippen LogP contribution in [0.2, 0.25) is 0 Å². The summed E-state index contributed by atoms with van der Waals surface area (Å²) in [5.41, 5.74) is 1.35. The smallest absolute Gasteiger partial charge is 0.230 e. The molecule has 2 nitrogen and oxygen atoms in total. The lowest BCUT2D eigenvalue weighted by atomic mass is 9.83. The zero-order valence-corrected chi connectivity index (χ0v) is 12.0. The van der Waals surface area contributed by atoms with Gasteiger partial charge in [-0.15, -0.1) is 0 Å². The van der Waals surface area contributed by atoms with E-state index in [0.29, 0.717) is 11.1 Å². The van der Waals surface area contributed by atoms with Crippen molar-refractivity contribution in [3.05, 3.63) is 71.8 Å². The summed E-state index contributed by atoms with van der Waals surface area (Å²) in [5.74, 6) is -1.57. The normalized spacial score (nSPS) is 13.5. The molecule has 2 rings (SSSR count). The van der Waals surface area contributed by atoms with Gasteiger partial charge in [0.25, 0.3) is 0 Å². The van der Waals surface area contributed by atoms with Crippen LogP contribution in [0.5, 0.6) is 0 Å². The molecule has 0 aliphatic rings. The number of carbonyl (C=O) groups is 2. The fraction of sp³-hybridized carbons (Fsp3) is 0.125. The van der Waals surface area contributed by atoms with Crippen molar-refractivity contribution < 1.29 is 9.59 Å². The third-order valence-electron chi connectivity index (χ3n) is 3.14. The maximum atomic E-state index is 11.8. The summed E-state index contributed by atoms with van der Waals surface area (Å²) < 4.78 is 0. The minimum atomic E-state index is -0.787. The lowest BCUT2D eigenvalue weighted by molar-refractivity contribution is -0.119. The molecule has 0 saturated heterocycles. The maximum absolute atomic E-state index is 11.8. The molecule has 0 radical (unpaired) electrons. The van der Waals surface area contributed by atoms with E-state index in [9.17, 15) is 9.59 Å². The Morgan fingerprint density at radius 1 is 0.650 bits per heavy atom. The van der Waals surface area contributed by atoms with E-state index in [4.69, 9.17) is 23.2 Å². The Bertz CT molecular complexity index is 541. The third kappa shape index (κ3) is 3.27. The molecule has 2 aromatic carbocycles. The Kier molecular flexibility index (Phi) is 4.94. The van der Waals surface area contributed by atoms with Crippen molar-refractivity contribution in [2.75, 3.05) is 0 Å². The van der Waals surface area contributed by atoms with E-state index in [2.05, 4.69) is 0 Å². The van der Waals surface area contributed by atoms with Crippen LogP contribution in [0.3, 0.4) is 0 Å². The van der Waals surface area contributed by atoms with Gasteiger partial charge in [0.2, 0.25) is 10.5 Å². The molecule has 0 fully saturated rings. The second kappa shape index (κ2) is 6.69. The third-order valence-corrected chi connectivity index (χ3v) is 3.61. The Balaban J connectivity index is 2.50. The summed E-state index contributed by atoms with van der Waals surface area (Å²) >= 11 is 11.4. The van der Waals surface area contributed by atoms with Gasteiger partial charge in [0.1, 0.15) is 0 Å². The van der Waals surface area contributed by atoms with E-state index in [1.54, 1.807) is 48.5 Å². The minimum Gasteiger partial charge on any atom is -0.281 e. The standard InChI is InChI=1S/C16H12Cl2O2/c17-15(19)13(11-7-3-1-4-8-11)14(16(18)20)12-9-5-2-6-10-12/h1-10,13-14H. The van der Waals surface area contributed by atoms with Crippen molar-refractivity contribution in [2.24, 2.45) is 0 Å². The molecule has 0 aliphatic heterocycles. The highest BCUT2D eigenvalue weighted by Crippen LogP contribution is 2.36. The number of benzene rings is 2. The second-order valence-electron chi connectivity index (χ2n) is 4.38. The lowest BCUT2D eigenvalue weighted by Crippen LogP contribution is -2.21. The SMILES string of the molecule is O=C(Cl)C(c1ccccc1)C(C(=O)Cl)c1ccccc1. The highest BCUT2D eigenvalue weighted by molar-refractivity contribution is 6.68. The summed E-state index contributed by atoms with van der Waals surface area (Å²) in [6.45, 7) is 0. The fourth-order valence-electron chi connectivity index (χ4n) is 2.23.